The molecule has 3 heterocycles. The van der Waals surface area contributed by atoms with Gasteiger partial charge in [0.2, 0.25) is 0 Å². The van der Waals surface area contributed by atoms with Gasteiger partial charge in [0.05, 0.1) is 16.0 Å². The Morgan fingerprint density at radius 2 is 1.74 bits per heavy atom. The van der Waals surface area contributed by atoms with E-state index < -0.39 is 5.60 Å². The Balaban J connectivity index is 0.00000171. The summed E-state index contributed by atoms with van der Waals surface area (Å²) in [4.78, 5) is 9.98. The minimum Gasteiger partial charge on any atom is -0.491 e. The molecule has 8 heteroatoms. The lowest BCUT2D eigenvalue weighted by molar-refractivity contribution is 0.0285. The van der Waals surface area contributed by atoms with Crippen molar-refractivity contribution in [1.29, 1.82) is 0 Å². The molecule has 1 aliphatic heterocycles. The minimum absolute atomic E-state index is 0. The maximum atomic E-state index is 9.84. The first-order valence-corrected chi connectivity index (χ1v) is 11.1. The first-order valence-electron chi connectivity index (χ1n) is 10.2. The van der Waals surface area contributed by atoms with Crippen molar-refractivity contribution < 1.29 is 9.84 Å². The molecule has 1 fully saturated rings. The average molecular weight is 484 g/mol. The van der Waals surface area contributed by atoms with Crippen molar-refractivity contribution >= 4 is 52.1 Å². The Morgan fingerprint density at radius 3 is 2.35 bits per heavy atom. The zero-order valence-corrected chi connectivity index (χ0v) is 20.7. The summed E-state index contributed by atoms with van der Waals surface area (Å²) in [7, 11) is 0. The van der Waals surface area contributed by atoms with Crippen LogP contribution in [0.2, 0.25) is 0 Å². The third-order valence-corrected chi connectivity index (χ3v) is 6.20. The molecule has 3 aromatic rings. The second-order valence-electron chi connectivity index (χ2n) is 8.22. The smallest absolute Gasteiger partial charge is 0.147 e. The lowest BCUT2D eigenvalue weighted by Gasteiger charge is -2.35. The van der Waals surface area contributed by atoms with Crippen LogP contribution in [0.1, 0.15) is 20.8 Å². The minimum atomic E-state index is -0.846. The van der Waals surface area contributed by atoms with Crippen LogP contribution in [0.25, 0.3) is 21.3 Å². The van der Waals surface area contributed by atoms with Gasteiger partial charge in [0, 0.05) is 31.7 Å². The molecule has 0 spiro atoms. The van der Waals surface area contributed by atoms with Gasteiger partial charge in [-0.2, -0.15) is 0 Å². The van der Waals surface area contributed by atoms with E-state index in [9.17, 15) is 5.11 Å². The van der Waals surface area contributed by atoms with E-state index in [1.165, 1.54) is 10.1 Å². The number of rotatable bonds is 6. The lowest BCUT2D eigenvalue weighted by atomic mass is 10.1. The number of anilines is 1. The third-order valence-electron chi connectivity index (χ3n) is 5.28. The number of hydrogen-bond acceptors (Lipinski definition) is 6. The fourth-order valence-electron chi connectivity index (χ4n) is 3.58. The number of benzene rings is 1. The highest BCUT2D eigenvalue weighted by atomic mass is 35.5. The van der Waals surface area contributed by atoms with Crippen LogP contribution in [0.4, 0.5) is 5.82 Å². The predicted octanol–water partition coefficient (Wildman–Crippen LogP) is 5.10. The molecule has 1 aromatic carbocycles. The maximum Gasteiger partial charge on any atom is 0.147 e. The van der Waals surface area contributed by atoms with Gasteiger partial charge >= 0.3 is 0 Å². The summed E-state index contributed by atoms with van der Waals surface area (Å²) in [5, 5.41) is 13.2. The van der Waals surface area contributed by atoms with E-state index in [4.69, 9.17) is 9.72 Å². The molecular formula is C23H31Cl2N3O2S. The summed E-state index contributed by atoms with van der Waals surface area (Å²) >= 11 is 1.77. The number of aromatic nitrogens is 1. The molecule has 0 radical (unpaired) electrons. The Morgan fingerprint density at radius 1 is 1.06 bits per heavy atom. The van der Waals surface area contributed by atoms with E-state index in [0.29, 0.717) is 0 Å². The predicted molar refractivity (Wildman–Crippen MR) is 136 cm³/mol. The molecule has 1 saturated heterocycles. The molecule has 2 aromatic heterocycles. The molecule has 170 valence electrons. The van der Waals surface area contributed by atoms with Crippen LogP contribution in [0.15, 0.2) is 41.8 Å². The topological polar surface area (TPSA) is 48.8 Å². The number of likely N-dealkylation sites (N-methyl/N-ethyl adjacent to an activating group) is 1. The van der Waals surface area contributed by atoms with Crippen LogP contribution < -0.4 is 9.64 Å². The highest BCUT2D eigenvalue weighted by Crippen LogP contribution is 2.34. The number of ether oxygens (including phenoxy) is 1. The number of pyridine rings is 1. The van der Waals surface area contributed by atoms with Gasteiger partial charge in [-0.1, -0.05) is 6.92 Å². The quantitative estimate of drug-likeness (QED) is 0.528. The molecule has 0 unspecified atom stereocenters. The van der Waals surface area contributed by atoms with Crippen LogP contribution >= 0.6 is 36.2 Å². The molecule has 0 bridgehead atoms. The molecule has 5 nitrogen and oxygen atoms in total. The van der Waals surface area contributed by atoms with Crippen molar-refractivity contribution in [3.8, 4) is 17.0 Å². The number of aliphatic hydroxyl groups is 1. The Bertz CT molecular complexity index is 965. The summed E-state index contributed by atoms with van der Waals surface area (Å²) in [5.74, 6) is 1.86. The second kappa shape index (κ2) is 10.8. The van der Waals surface area contributed by atoms with Gasteiger partial charge < -0.3 is 19.6 Å². The van der Waals surface area contributed by atoms with Gasteiger partial charge in [0.15, 0.2) is 0 Å². The summed E-state index contributed by atoms with van der Waals surface area (Å²) in [6.07, 6.45) is 0. The van der Waals surface area contributed by atoms with Gasteiger partial charge in [-0.3, -0.25) is 0 Å². The van der Waals surface area contributed by atoms with E-state index in [0.717, 1.165) is 55.5 Å². The zero-order valence-electron chi connectivity index (χ0n) is 18.2. The Labute approximate surface area is 200 Å². The molecular weight excluding hydrogens is 453 g/mol. The molecule has 31 heavy (non-hydrogen) atoms. The van der Waals surface area contributed by atoms with Crippen molar-refractivity contribution in [2.45, 2.75) is 26.4 Å². The van der Waals surface area contributed by atoms with Crippen molar-refractivity contribution in [1.82, 2.24) is 9.88 Å². The van der Waals surface area contributed by atoms with Crippen molar-refractivity contribution in [3.05, 3.63) is 41.8 Å². The Hall–Kier alpha value is -1.57. The van der Waals surface area contributed by atoms with Crippen molar-refractivity contribution in [2.24, 2.45) is 0 Å². The first-order chi connectivity index (χ1) is 13.9. The summed E-state index contributed by atoms with van der Waals surface area (Å²) in [6, 6.07) is 12.3. The van der Waals surface area contributed by atoms with E-state index in [1.807, 2.05) is 24.3 Å². The monoisotopic (exact) mass is 483 g/mol. The van der Waals surface area contributed by atoms with Gasteiger partial charge in [-0.15, -0.1) is 36.2 Å². The van der Waals surface area contributed by atoms with E-state index in [1.54, 1.807) is 25.2 Å². The van der Waals surface area contributed by atoms with Crippen molar-refractivity contribution in [2.75, 3.05) is 44.2 Å². The highest BCUT2D eigenvalue weighted by molar-refractivity contribution is 7.17. The second-order valence-corrected chi connectivity index (χ2v) is 9.13. The van der Waals surface area contributed by atoms with E-state index in [-0.39, 0.29) is 31.4 Å². The van der Waals surface area contributed by atoms with Crippen LogP contribution in [0.5, 0.6) is 5.75 Å². The summed E-state index contributed by atoms with van der Waals surface area (Å²) in [6.45, 7) is 11.3. The van der Waals surface area contributed by atoms with E-state index in [2.05, 4.69) is 34.2 Å². The normalized spacial score (nSPS) is 14.8. The highest BCUT2D eigenvalue weighted by Gasteiger charge is 2.20. The van der Waals surface area contributed by atoms with Gasteiger partial charge in [-0.25, -0.2) is 4.98 Å². The van der Waals surface area contributed by atoms with Crippen LogP contribution in [0, 0.1) is 0 Å². The molecule has 0 amide bonds. The van der Waals surface area contributed by atoms with E-state index >= 15 is 0 Å². The molecule has 4 rings (SSSR count). The fraction of sp³-hybridized carbons (Fsp3) is 0.435. The number of halogens is 2. The van der Waals surface area contributed by atoms with Crippen molar-refractivity contribution in [3.63, 3.8) is 0 Å². The standard InChI is InChI=1S/C23H29N3O2S.2ClH/c1-4-25-10-12-26(13-11-25)22-21-18(9-14-29-21)15-20(24-22)17-5-7-19(8-6-17)28-16-23(2,3)27;;/h5-9,14-15,27H,4,10-13,16H2,1-3H3;2*1H. The lowest BCUT2D eigenvalue weighted by Crippen LogP contribution is -2.46. The van der Waals surface area contributed by atoms with Crippen LogP contribution in [-0.2, 0) is 0 Å². The average Bonchev–Trinajstić information content (AvgIpc) is 3.20. The largest absolute Gasteiger partial charge is 0.491 e. The SMILES string of the molecule is CCN1CCN(c2nc(-c3ccc(OCC(C)(C)O)cc3)cc3ccsc23)CC1.Cl.Cl. The molecule has 1 N–H and O–H groups in total. The number of hydrogen-bond donors (Lipinski definition) is 1. The van der Waals surface area contributed by atoms with Gasteiger partial charge in [0.1, 0.15) is 18.2 Å². The summed E-state index contributed by atoms with van der Waals surface area (Å²) < 4.78 is 6.94. The molecule has 1 aliphatic rings. The zero-order chi connectivity index (χ0) is 20.4. The molecule has 0 saturated carbocycles. The van der Waals surface area contributed by atoms with Crippen LogP contribution in [-0.4, -0.2) is 59.9 Å². The molecule has 0 atom stereocenters. The number of thiophene rings is 1. The van der Waals surface area contributed by atoms with Gasteiger partial charge in [-0.05, 0) is 67.6 Å². The fourth-order valence-corrected chi connectivity index (χ4v) is 4.47. The van der Waals surface area contributed by atoms with Crippen LogP contribution in [0.3, 0.4) is 0 Å². The number of nitrogens with zero attached hydrogens (tertiary/aromatic N) is 3. The number of piperazine rings is 1. The van der Waals surface area contributed by atoms with Gasteiger partial charge in [0.25, 0.3) is 0 Å². The Kier molecular flexibility index (Phi) is 8.98. The summed E-state index contributed by atoms with van der Waals surface area (Å²) in [5.41, 5.74) is 1.21. The third kappa shape index (κ3) is 6.24. The maximum absolute atomic E-state index is 9.84. The first kappa shape index (κ1) is 25.7. The number of fused-ring (bicyclic) bond motifs is 1. The molecule has 0 aliphatic carbocycles.